The van der Waals surface area contributed by atoms with E-state index in [1.807, 2.05) is 19.9 Å². The van der Waals surface area contributed by atoms with Gasteiger partial charge in [0.25, 0.3) is 0 Å². The predicted molar refractivity (Wildman–Crippen MR) is 70.2 cm³/mol. The van der Waals surface area contributed by atoms with Gasteiger partial charge in [0.1, 0.15) is 7.85 Å². The van der Waals surface area contributed by atoms with Crippen molar-refractivity contribution in [3.8, 4) is 5.88 Å². The van der Waals surface area contributed by atoms with E-state index in [1.54, 1.807) is 0 Å². The molecular weight excluding hydrogens is 197 g/mol. The summed E-state index contributed by atoms with van der Waals surface area (Å²) in [7, 11) is 3.94. The molecular formula is C13H17BNO. The second kappa shape index (κ2) is 4.64. The van der Waals surface area contributed by atoms with Crippen molar-refractivity contribution < 1.29 is 4.74 Å². The van der Waals surface area contributed by atoms with Crippen LogP contribution in [0.4, 0.5) is 0 Å². The van der Waals surface area contributed by atoms with Crippen LogP contribution in [0.2, 0.25) is 0 Å². The van der Waals surface area contributed by atoms with Crippen molar-refractivity contribution >= 4 is 24.2 Å². The Labute approximate surface area is 97.4 Å². The zero-order valence-electron chi connectivity index (χ0n) is 9.97. The van der Waals surface area contributed by atoms with E-state index in [0.717, 1.165) is 36.3 Å². The molecule has 1 radical (unpaired) electrons. The smallest absolute Gasteiger partial charge is 0.195 e. The number of hydrogen-bond donors (Lipinski definition) is 1. The molecule has 3 heteroatoms. The van der Waals surface area contributed by atoms with E-state index in [4.69, 9.17) is 4.74 Å². The maximum atomic E-state index is 5.57. The molecule has 2 heterocycles. The van der Waals surface area contributed by atoms with Crippen molar-refractivity contribution in [3.63, 3.8) is 0 Å². The Hall–Kier alpha value is -1.38. The first-order chi connectivity index (χ1) is 7.84. The number of benzene rings is 1. The van der Waals surface area contributed by atoms with Crippen LogP contribution >= 0.6 is 0 Å². The largest absolute Gasteiger partial charge is 0.479 e. The molecule has 0 atom stereocenters. The highest BCUT2D eigenvalue weighted by Gasteiger charge is 2.15. The quantitative estimate of drug-likeness (QED) is 0.667. The van der Waals surface area contributed by atoms with Crippen molar-refractivity contribution in [1.82, 2.24) is 4.98 Å². The fourth-order valence-corrected chi connectivity index (χ4v) is 2.06. The van der Waals surface area contributed by atoms with E-state index in [2.05, 4.69) is 25.0 Å². The molecule has 0 saturated heterocycles. The minimum absolute atomic E-state index is 0.830. The van der Waals surface area contributed by atoms with Crippen molar-refractivity contribution in [2.75, 3.05) is 6.61 Å². The van der Waals surface area contributed by atoms with E-state index in [9.17, 15) is 0 Å². The molecule has 2 aromatic rings. The number of ether oxygens (including phenoxy) is 1. The van der Waals surface area contributed by atoms with Gasteiger partial charge in [0.05, 0.1) is 6.61 Å². The summed E-state index contributed by atoms with van der Waals surface area (Å²) in [5.41, 5.74) is 3.53. The molecule has 0 saturated carbocycles. The number of aromatic amines is 1. The number of rotatable bonds is 0. The van der Waals surface area contributed by atoms with Crippen molar-refractivity contribution in [3.05, 3.63) is 23.8 Å². The monoisotopic (exact) mass is 214 g/mol. The van der Waals surface area contributed by atoms with Crippen LogP contribution in [0.3, 0.4) is 0 Å². The number of aromatic nitrogens is 1. The van der Waals surface area contributed by atoms with Crippen LogP contribution in [-0.4, -0.2) is 19.4 Å². The SMILES string of the molecule is CC.[BH]c1ccc2[nH]c3c(c2c1)CCCO3. The molecule has 1 aliphatic heterocycles. The van der Waals surface area contributed by atoms with Gasteiger partial charge in [0.15, 0.2) is 5.88 Å². The van der Waals surface area contributed by atoms with Crippen LogP contribution < -0.4 is 10.2 Å². The second-order valence-electron chi connectivity index (χ2n) is 3.76. The summed E-state index contributed by atoms with van der Waals surface area (Å²) < 4.78 is 5.57. The van der Waals surface area contributed by atoms with Crippen LogP contribution in [0, 0.1) is 0 Å². The van der Waals surface area contributed by atoms with Gasteiger partial charge in [-0.05, 0) is 18.9 Å². The summed E-state index contributed by atoms with van der Waals surface area (Å²) in [5.74, 6) is 0.955. The summed E-state index contributed by atoms with van der Waals surface area (Å²) in [6.45, 7) is 4.83. The average Bonchev–Trinajstić information content (AvgIpc) is 2.70. The Bertz CT molecular complexity index is 490. The van der Waals surface area contributed by atoms with Crippen LogP contribution in [0.1, 0.15) is 25.8 Å². The fourth-order valence-electron chi connectivity index (χ4n) is 2.06. The molecule has 1 aliphatic rings. The molecule has 3 rings (SSSR count). The van der Waals surface area contributed by atoms with E-state index in [-0.39, 0.29) is 0 Å². The molecule has 0 bridgehead atoms. The molecule has 16 heavy (non-hydrogen) atoms. The van der Waals surface area contributed by atoms with E-state index >= 15 is 0 Å². The van der Waals surface area contributed by atoms with Crippen LogP contribution in [0.5, 0.6) is 5.88 Å². The minimum Gasteiger partial charge on any atom is -0.479 e. The van der Waals surface area contributed by atoms with Crippen LogP contribution in [0.15, 0.2) is 18.2 Å². The van der Waals surface area contributed by atoms with Gasteiger partial charge in [-0.15, -0.1) is 0 Å². The van der Waals surface area contributed by atoms with E-state index < -0.39 is 0 Å². The van der Waals surface area contributed by atoms with Crippen LogP contribution in [-0.2, 0) is 6.42 Å². The Morgan fingerprint density at radius 1 is 1.31 bits per heavy atom. The maximum Gasteiger partial charge on any atom is 0.195 e. The number of hydrogen-bond acceptors (Lipinski definition) is 1. The number of fused-ring (bicyclic) bond motifs is 3. The summed E-state index contributed by atoms with van der Waals surface area (Å²) in [6, 6.07) is 6.21. The van der Waals surface area contributed by atoms with Crippen molar-refractivity contribution in [2.45, 2.75) is 26.7 Å². The third-order valence-corrected chi connectivity index (χ3v) is 2.75. The molecule has 83 valence electrons. The Balaban J connectivity index is 0.000000457. The molecule has 2 nitrogen and oxygen atoms in total. The molecule has 0 fully saturated rings. The number of nitrogens with one attached hydrogen (secondary N) is 1. The minimum atomic E-state index is 0.830. The molecule has 0 spiro atoms. The number of aryl methyl sites for hydroxylation is 1. The van der Waals surface area contributed by atoms with Crippen LogP contribution in [0.25, 0.3) is 10.9 Å². The zero-order valence-corrected chi connectivity index (χ0v) is 9.97. The fraction of sp³-hybridized carbons (Fsp3) is 0.385. The van der Waals surface area contributed by atoms with Gasteiger partial charge in [-0.1, -0.05) is 31.4 Å². The Kier molecular flexibility index (Phi) is 3.23. The molecule has 1 aromatic heterocycles. The van der Waals surface area contributed by atoms with Gasteiger partial charge in [-0.3, -0.25) is 0 Å². The van der Waals surface area contributed by atoms with Gasteiger partial charge in [0, 0.05) is 16.5 Å². The lowest BCUT2D eigenvalue weighted by atomic mass is 9.93. The summed E-state index contributed by atoms with van der Waals surface area (Å²) in [6.07, 6.45) is 2.22. The molecule has 0 unspecified atom stereocenters. The molecule has 1 aromatic carbocycles. The van der Waals surface area contributed by atoms with Gasteiger partial charge in [-0.2, -0.15) is 0 Å². The summed E-state index contributed by atoms with van der Waals surface area (Å²) in [4.78, 5) is 3.29. The lowest BCUT2D eigenvalue weighted by Gasteiger charge is -2.12. The predicted octanol–water partition coefficient (Wildman–Crippen LogP) is 2.05. The summed E-state index contributed by atoms with van der Waals surface area (Å²) in [5, 5.41) is 1.27. The van der Waals surface area contributed by atoms with Crippen molar-refractivity contribution in [2.24, 2.45) is 0 Å². The third-order valence-electron chi connectivity index (χ3n) is 2.75. The van der Waals surface area contributed by atoms with Gasteiger partial charge >= 0.3 is 0 Å². The second-order valence-corrected chi connectivity index (χ2v) is 3.76. The maximum absolute atomic E-state index is 5.57. The molecule has 1 N–H and O–H groups in total. The van der Waals surface area contributed by atoms with Gasteiger partial charge < -0.3 is 9.72 Å². The topological polar surface area (TPSA) is 25.0 Å². The Morgan fingerprint density at radius 2 is 2.12 bits per heavy atom. The van der Waals surface area contributed by atoms with Gasteiger partial charge in [-0.25, -0.2) is 0 Å². The molecule has 0 aliphatic carbocycles. The zero-order chi connectivity index (χ0) is 11.5. The summed E-state index contributed by atoms with van der Waals surface area (Å²) >= 11 is 0. The Morgan fingerprint density at radius 3 is 2.94 bits per heavy atom. The first-order valence-electron chi connectivity index (χ1n) is 5.94. The highest BCUT2D eigenvalue weighted by atomic mass is 16.5. The third kappa shape index (κ3) is 1.82. The highest BCUT2D eigenvalue weighted by molar-refractivity contribution is 6.33. The standard InChI is InChI=1S/C11H11BNO.C2H6/c12-7-3-4-10-9(6-7)8-2-1-5-14-11(8)13-10;1-2/h3-4,6,12-13H,1-2,5H2;1-2H3. The normalized spacial score (nSPS) is 13.6. The highest BCUT2D eigenvalue weighted by Crippen LogP contribution is 2.31. The number of H-pyrrole nitrogens is 1. The lowest BCUT2D eigenvalue weighted by Crippen LogP contribution is -2.07. The first-order valence-corrected chi connectivity index (χ1v) is 5.94. The average molecular weight is 214 g/mol. The van der Waals surface area contributed by atoms with E-state index in [0.29, 0.717) is 0 Å². The van der Waals surface area contributed by atoms with Gasteiger partial charge in [0.2, 0.25) is 0 Å². The van der Waals surface area contributed by atoms with Crippen molar-refractivity contribution in [1.29, 1.82) is 0 Å². The molecule has 0 amide bonds. The van der Waals surface area contributed by atoms with E-state index in [1.165, 1.54) is 10.9 Å². The first kappa shape index (κ1) is 11.1. The lowest BCUT2D eigenvalue weighted by molar-refractivity contribution is 0.280.